The van der Waals surface area contributed by atoms with Crippen LogP contribution in [0.1, 0.15) is 11.1 Å². The summed E-state index contributed by atoms with van der Waals surface area (Å²) in [5.41, 5.74) is 2.82. The molecular weight excluding hydrogens is 341 g/mol. The molecule has 1 amide bonds. The number of hydrogen-bond acceptors (Lipinski definition) is 5. The molecule has 0 saturated carbocycles. The van der Waals surface area contributed by atoms with E-state index < -0.39 is 0 Å². The summed E-state index contributed by atoms with van der Waals surface area (Å²) < 4.78 is 18.4. The summed E-state index contributed by atoms with van der Waals surface area (Å²) in [6, 6.07) is 13.7. The largest absolute Gasteiger partial charge is 0.411 e. The summed E-state index contributed by atoms with van der Waals surface area (Å²) in [6.07, 6.45) is 0. The zero-order valence-corrected chi connectivity index (χ0v) is 14.3. The monoisotopic (exact) mass is 357 g/mol. The van der Waals surface area contributed by atoms with Crippen molar-refractivity contribution < 1.29 is 13.6 Å². The number of aryl methyl sites for hydroxylation is 1. The van der Waals surface area contributed by atoms with Crippen molar-refractivity contribution in [3.63, 3.8) is 0 Å². The molecule has 0 atom stereocenters. The lowest BCUT2D eigenvalue weighted by Crippen LogP contribution is -2.24. The molecule has 0 unspecified atom stereocenters. The van der Waals surface area contributed by atoms with E-state index in [4.69, 9.17) is 4.42 Å². The predicted octanol–water partition coefficient (Wildman–Crippen LogP) is 3.59. The summed E-state index contributed by atoms with van der Waals surface area (Å²) >= 11 is 1.17. The molecule has 2 aromatic carbocycles. The second kappa shape index (κ2) is 7.94. The van der Waals surface area contributed by atoms with Crippen molar-refractivity contribution in [2.75, 3.05) is 5.75 Å². The number of amides is 1. The molecule has 0 saturated heterocycles. The van der Waals surface area contributed by atoms with Gasteiger partial charge in [0, 0.05) is 12.1 Å². The van der Waals surface area contributed by atoms with E-state index in [1.807, 2.05) is 31.2 Å². The third kappa shape index (κ3) is 4.90. The molecule has 0 aliphatic heterocycles. The van der Waals surface area contributed by atoms with Crippen LogP contribution in [0.3, 0.4) is 0 Å². The molecule has 5 nitrogen and oxygen atoms in total. The van der Waals surface area contributed by atoms with Gasteiger partial charge >= 0.3 is 0 Å². The van der Waals surface area contributed by atoms with Gasteiger partial charge in [-0.1, -0.05) is 41.6 Å². The number of rotatable bonds is 6. The first kappa shape index (κ1) is 17.2. The lowest BCUT2D eigenvalue weighted by atomic mass is 10.1. The van der Waals surface area contributed by atoms with Crippen molar-refractivity contribution in [1.82, 2.24) is 15.5 Å². The highest BCUT2D eigenvalue weighted by Crippen LogP contribution is 2.23. The summed E-state index contributed by atoms with van der Waals surface area (Å²) in [4.78, 5) is 11.9. The molecule has 0 aliphatic carbocycles. The first-order valence-electron chi connectivity index (χ1n) is 7.64. The molecule has 0 radical (unpaired) electrons. The summed E-state index contributed by atoms with van der Waals surface area (Å²) in [7, 11) is 0. The third-order valence-electron chi connectivity index (χ3n) is 3.43. The van der Waals surface area contributed by atoms with Crippen LogP contribution in [0, 0.1) is 12.7 Å². The molecule has 0 aliphatic rings. The predicted molar refractivity (Wildman–Crippen MR) is 93.4 cm³/mol. The Labute approximate surface area is 148 Å². The highest BCUT2D eigenvalue weighted by atomic mass is 32.2. The van der Waals surface area contributed by atoms with Gasteiger partial charge in [0.1, 0.15) is 5.82 Å². The van der Waals surface area contributed by atoms with E-state index in [9.17, 15) is 9.18 Å². The third-order valence-corrected chi connectivity index (χ3v) is 4.25. The fourth-order valence-corrected chi connectivity index (χ4v) is 2.66. The van der Waals surface area contributed by atoms with Crippen molar-refractivity contribution in [2.45, 2.75) is 18.7 Å². The van der Waals surface area contributed by atoms with E-state index in [0.717, 1.165) is 16.7 Å². The van der Waals surface area contributed by atoms with Crippen molar-refractivity contribution in [3.05, 3.63) is 65.5 Å². The number of thioether (sulfide) groups is 1. The summed E-state index contributed by atoms with van der Waals surface area (Å²) in [5, 5.41) is 11.0. The quantitative estimate of drug-likeness (QED) is 0.683. The van der Waals surface area contributed by atoms with Crippen molar-refractivity contribution in [1.29, 1.82) is 0 Å². The topological polar surface area (TPSA) is 68.0 Å². The van der Waals surface area contributed by atoms with Gasteiger partial charge in [-0.25, -0.2) is 4.39 Å². The Hall–Kier alpha value is -2.67. The molecule has 128 valence electrons. The number of nitrogens with one attached hydrogen (secondary N) is 1. The Balaban J connectivity index is 1.49. The van der Waals surface area contributed by atoms with Crippen LogP contribution in [0.15, 0.2) is 58.2 Å². The smallest absolute Gasteiger partial charge is 0.277 e. The van der Waals surface area contributed by atoms with E-state index in [0.29, 0.717) is 17.7 Å². The van der Waals surface area contributed by atoms with Gasteiger partial charge in [-0.05, 0) is 36.8 Å². The molecule has 7 heteroatoms. The van der Waals surface area contributed by atoms with E-state index >= 15 is 0 Å². The van der Waals surface area contributed by atoms with Crippen molar-refractivity contribution >= 4 is 17.7 Å². The maximum absolute atomic E-state index is 12.8. The zero-order valence-electron chi connectivity index (χ0n) is 13.5. The average Bonchev–Trinajstić information content (AvgIpc) is 3.09. The van der Waals surface area contributed by atoms with E-state index in [1.54, 1.807) is 12.1 Å². The second-order valence-corrected chi connectivity index (χ2v) is 6.36. The van der Waals surface area contributed by atoms with Crippen LogP contribution in [0.2, 0.25) is 0 Å². The first-order valence-corrected chi connectivity index (χ1v) is 8.63. The highest BCUT2D eigenvalue weighted by Gasteiger charge is 2.11. The molecule has 3 aromatic rings. The lowest BCUT2D eigenvalue weighted by Gasteiger charge is -2.04. The highest BCUT2D eigenvalue weighted by molar-refractivity contribution is 7.99. The zero-order chi connectivity index (χ0) is 17.6. The van der Waals surface area contributed by atoms with Gasteiger partial charge in [-0.15, -0.1) is 10.2 Å². The van der Waals surface area contributed by atoms with Crippen LogP contribution in [0.25, 0.3) is 11.5 Å². The Bertz CT molecular complexity index is 848. The van der Waals surface area contributed by atoms with Crippen LogP contribution in [-0.4, -0.2) is 21.9 Å². The van der Waals surface area contributed by atoms with E-state index in [2.05, 4.69) is 15.5 Å². The summed E-state index contributed by atoms with van der Waals surface area (Å²) in [5.74, 6) is 0.126. The standard InChI is InChI=1S/C18H16FN3O2S/c1-12-2-6-14(7-3-12)17-21-22-18(24-17)25-11-16(23)20-10-13-4-8-15(19)9-5-13/h2-9H,10-11H2,1H3,(H,20,23). The second-order valence-electron chi connectivity index (χ2n) is 5.43. The maximum atomic E-state index is 12.8. The minimum atomic E-state index is -0.300. The van der Waals surface area contributed by atoms with Gasteiger partial charge in [0.15, 0.2) is 0 Å². The van der Waals surface area contributed by atoms with Gasteiger partial charge < -0.3 is 9.73 Å². The number of carbonyl (C=O) groups is 1. The van der Waals surface area contributed by atoms with Crippen LogP contribution in [0.4, 0.5) is 4.39 Å². The fourth-order valence-electron chi connectivity index (χ4n) is 2.06. The molecule has 1 N–H and O–H groups in total. The Morgan fingerprint density at radius 3 is 2.56 bits per heavy atom. The van der Waals surface area contributed by atoms with Crippen LogP contribution in [0.5, 0.6) is 0 Å². The molecule has 3 rings (SSSR count). The van der Waals surface area contributed by atoms with Crippen molar-refractivity contribution in [3.8, 4) is 11.5 Å². The normalized spacial score (nSPS) is 10.6. The van der Waals surface area contributed by atoms with Crippen LogP contribution < -0.4 is 5.32 Å². The number of halogens is 1. The number of aromatic nitrogens is 2. The number of hydrogen-bond donors (Lipinski definition) is 1. The van der Waals surface area contributed by atoms with Gasteiger partial charge in [0.25, 0.3) is 5.22 Å². The van der Waals surface area contributed by atoms with Crippen molar-refractivity contribution in [2.24, 2.45) is 0 Å². The molecule has 1 aromatic heterocycles. The average molecular weight is 357 g/mol. The minimum absolute atomic E-state index is 0.163. The first-order chi connectivity index (χ1) is 12.1. The fraction of sp³-hybridized carbons (Fsp3) is 0.167. The van der Waals surface area contributed by atoms with Gasteiger partial charge in [0.2, 0.25) is 11.8 Å². The van der Waals surface area contributed by atoms with Gasteiger partial charge in [-0.3, -0.25) is 4.79 Å². The summed E-state index contributed by atoms with van der Waals surface area (Å²) in [6.45, 7) is 2.35. The van der Waals surface area contributed by atoms with Gasteiger partial charge in [0.05, 0.1) is 5.75 Å². The molecule has 1 heterocycles. The molecular formula is C18H16FN3O2S. The van der Waals surface area contributed by atoms with Crippen LogP contribution in [-0.2, 0) is 11.3 Å². The number of carbonyl (C=O) groups excluding carboxylic acids is 1. The maximum Gasteiger partial charge on any atom is 0.277 e. The number of benzene rings is 2. The lowest BCUT2D eigenvalue weighted by molar-refractivity contribution is -0.118. The number of nitrogens with zero attached hydrogens (tertiary/aromatic N) is 2. The van der Waals surface area contributed by atoms with Gasteiger partial charge in [-0.2, -0.15) is 0 Å². The Morgan fingerprint density at radius 2 is 1.84 bits per heavy atom. The molecule has 0 spiro atoms. The SMILES string of the molecule is Cc1ccc(-c2nnc(SCC(=O)NCc3ccc(F)cc3)o2)cc1. The van der Waals surface area contributed by atoms with Crippen LogP contribution >= 0.6 is 11.8 Å². The Morgan fingerprint density at radius 1 is 1.12 bits per heavy atom. The Kier molecular flexibility index (Phi) is 5.45. The van der Waals surface area contributed by atoms with E-state index in [1.165, 1.54) is 23.9 Å². The molecule has 0 fully saturated rings. The molecule has 0 bridgehead atoms. The van der Waals surface area contributed by atoms with E-state index in [-0.39, 0.29) is 17.5 Å². The molecule has 25 heavy (non-hydrogen) atoms. The minimum Gasteiger partial charge on any atom is -0.411 e.